The van der Waals surface area contributed by atoms with E-state index in [9.17, 15) is 9.18 Å². The molecule has 0 unspecified atom stereocenters. The third kappa shape index (κ3) is 5.36. The number of halogens is 2. The van der Waals surface area contributed by atoms with Crippen molar-refractivity contribution in [3.05, 3.63) is 58.9 Å². The third-order valence-electron chi connectivity index (χ3n) is 2.98. The first-order chi connectivity index (χ1) is 11.5. The molecule has 1 amide bonds. The topological polar surface area (TPSA) is 62.4 Å². The van der Waals surface area contributed by atoms with E-state index in [1.165, 1.54) is 19.2 Å². The molecule has 0 aliphatic rings. The van der Waals surface area contributed by atoms with Gasteiger partial charge in [-0.1, -0.05) is 23.7 Å². The van der Waals surface area contributed by atoms with Crippen LogP contribution in [-0.2, 0) is 11.2 Å². The number of anilines is 1. The van der Waals surface area contributed by atoms with E-state index in [1.54, 1.807) is 30.3 Å². The molecule has 0 heterocycles. The van der Waals surface area contributed by atoms with Gasteiger partial charge >= 0.3 is 0 Å². The Bertz CT molecular complexity index is 758. The fourth-order valence-corrected chi connectivity index (χ4v) is 2.26. The summed E-state index contributed by atoms with van der Waals surface area (Å²) in [5, 5.41) is 3.63. The van der Waals surface area contributed by atoms with Crippen molar-refractivity contribution in [1.29, 1.82) is 0 Å². The summed E-state index contributed by atoms with van der Waals surface area (Å²) >= 11 is 10.9. The van der Waals surface area contributed by atoms with Crippen LogP contribution < -0.4 is 20.9 Å². The van der Waals surface area contributed by atoms with Gasteiger partial charge < -0.3 is 10.1 Å². The van der Waals surface area contributed by atoms with Gasteiger partial charge in [0.15, 0.2) is 16.7 Å². The molecule has 0 bridgehead atoms. The Kier molecular flexibility index (Phi) is 6.34. The van der Waals surface area contributed by atoms with E-state index in [0.717, 1.165) is 0 Å². The molecule has 0 aliphatic carbocycles. The molecule has 2 rings (SSSR count). The molecule has 2 aromatic rings. The number of ether oxygens (including phenoxy) is 1. The van der Waals surface area contributed by atoms with Crippen molar-refractivity contribution >= 4 is 40.5 Å². The first kappa shape index (κ1) is 18.0. The smallest absolute Gasteiger partial charge is 0.242 e. The molecule has 24 heavy (non-hydrogen) atoms. The number of hydrazine groups is 1. The van der Waals surface area contributed by atoms with Gasteiger partial charge in [-0.15, -0.1) is 0 Å². The molecule has 0 saturated carbocycles. The average Bonchev–Trinajstić information content (AvgIpc) is 2.53. The highest BCUT2D eigenvalue weighted by Crippen LogP contribution is 2.18. The molecule has 2 aromatic carbocycles. The number of amides is 1. The van der Waals surface area contributed by atoms with E-state index in [4.69, 9.17) is 28.6 Å². The summed E-state index contributed by atoms with van der Waals surface area (Å²) in [6.07, 6.45) is -0.00626. The van der Waals surface area contributed by atoms with Crippen LogP contribution in [0.1, 0.15) is 5.56 Å². The van der Waals surface area contributed by atoms with Gasteiger partial charge in [0.05, 0.1) is 13.5 Å². The van der Waals surface area contributed by atoms with E-state index in [2.05, 4.69) is 16.2 Å². The molecular weight excluding hydrogens is 353 g/mol. The van der Waals surface area contributed by atoms with Crippen LogP contribution in [0.4, 0.5) is 10.1 Å². The van der Waals surface area contributed by atoms with E-state index in [0.29, 0.717) is 16.3 Å². The second-order valence-corrected chi connectivity index (χ2v) is 5.63. The average molecular weight is 368 g/mol. The number of rotatable bonds is 4. The largest absolute Gasteiger partial charge is 0.494 e. The van der Waals surface area contributed by atoms with Gasteiger partial charge in [-0.25, -0.2) is 4.39 Å². The summed E-state index contributed by atoms with van der Waals surface area (Å²) in [4.78, 5) is 11.9. The lowest BCUT2D eigenvalue weighted by Crippen LogP contribution is -2.44. The number of hydrogen-bond acceptors (Lipinski definition) is 3. The maximum atomic E-state index is 13.6. The van der Waals surface area contributed by atoms with Crippen molar-refractivity contribution in [3.8, 4) is 5.75 Å². The summed E-state index contributed by atoms with van der Waals surface area (Å²) < 4.78 is 18.4. The number of thiocarbonyl (C=S) groups is 1. The predicted octanol–water partition coefficient (Wildman–Crippen LogP) is 3.05. The van der Waals surface area contributed by atoms with Crippen LogP contribution in [0.2, 0.25) is 5.02 Å². The Morgan fingerprint density at radius 2 is 2.04 bits per heavy atom. The van der Waals surface area contributed by atoms with E-state index in [-0.39, 0.29) is 23.2 Å². The normalized spacial score (nSPS) is 9.96. The zero-order chi connectivity index (χ0) is 17.5. The maximum absolute atomic E-state index is 13.6. The Hall–Kier alpha value is -2.38. The van der Waals surface area contributed by atoms with Crippen LogP contribution in [0, 0.1) is 5.82 Å². The SMILES string of the molecule is COc1ccc(CC(=O)NNC(=S)Nc2cccc(Cl)c2)cc1F. The second-order valence-electron chi connectivity index (χ2n) is 4.78. The van der Waals surface area contributed by atoms with Gasteiger partial charge in [-0.3, -0.25) is 15.6 Å². The van der Waals surface area contributed by atoms with Gasteiger partial charge in [-0.2, -0.15) is 0 Å². The van der Waals surface area contributed by atoms with Crippen molar-refractivity contribution in [2.24, 2.45) is 0 Å². The summed E-state index contributed by atoms with van der Waals surface area (Å²) in [6, 6.07) is 11.3. The lowest BCUT2D eigenvalue weighted by molar-refractivity contribution is -0.120. The van der Waals surface area contributed by atoms with Crippen LogP contribution in [0.15, 0.2) is 42.5 Å². The molecule has 0 atom stereocenters. The van der Waals surface area contributed by atoms with Crippen molar-refractivity contribution in [2.75, 3.05) is 12.4 Å². The molecule has 0 radical (unpaired) electrons. The first-order valence-corrected chi connectivity index (χ1v) is 7.70. The summed E-state index contributed by atoms with van der Waals surface area (Å²) in [6.45, 7) is 0. The highest BCUT2D eigenvalue weighted by molar-refractivity contribution is 7.80. The van der Waals surface area contributed by atoms with Crippen LogP contribution in [0.3, 0.4) is 0 Å². The lowest BCUT2D eigenvalue weighted by Gasteiger charge is -2.12. The predicted molar refractivity (Wildman–Crippen MR) is 95.6 cm³/mol. The summed E-state index contributed by atoms with van der Waals surface area (Å²) in [5.74, 6) is -0.757. The van der Waals surface area contributed by atoms with Crippen molar-refractivity contribution in [1.82, 2.24) is 10.9 Å². The third-order valence-corrected chi connectivity index (χ3v) is 3.42. The minimum absolute atomic E-state index is 0.00626. The van der Waals surface area contributed by atoms with Gasteiger partial charge in [0.25, 0.3) is 0 Å². The minimum atomic E-state index is -0.520. The number of carbonyl (C=O) groups is 1. The van der Waals surface area contributed by atoms with E-state index in [1.807, 2.05) is 0 Å². The van der Waals surface area contributed by atoms with E-state index >= 15 is 0 Å². The molecule has 0 saturated heterocycles. The fraction of sp³-hybridized carbons (Fsp3) is 0.125. The Balaban J connectivity index is 1.82. The van der Waals surface area contributed by atoms with Crippen LogP contribution in [-0.4, -0.2) is 18.1 Å². The van der Waals surface area contributed by atoms with Gasteiger partial charge in [0.2, 0.25) is 5.91 Å². The van der Waals surface area contributed by atoms with Crippen LogP contribution in [0.25, 0.3) is 0 Å². The zero-order valence-corrected chi connectivity index (χ0v) is 14.3. The number of benzene rings is 2. The minimum Gasteiger partial charge on any atom is -0.494 e. The maximum Gasteiger partial charge on any atom is 0.242 e. The Labute approximate surface area is 149 Å². The molecule has 0 aliphatic heterocycles. The number of methoxy groups -OCH3 is 1. The molecule has 8 heteroatoms. The molecular formula is C16H15ClFN3O2S. The first-order valence-electron chi connectivity index (χ1n) is 6.92. The highest BCUT2D eigenvalue weighted by atomic mass is 35.5. The molecule has 126 valence electrons. The van der Waals surface area contributed by atoms with E-state index < -0.39 is 5.82 Å². The molecule has 3 N–H and O–H groups in total. The molecule has 0 spiro atoms. The Morgan fingerprint density at radius 1 is 1.25 bits per heavy atom. The van der Waals surface area contributed by atoms with Crippen molar-refractivity contribution in [3.63, 3.8) is 0 Å². The summed E-state index contributed by atoms with van der Waals surface area (Å²) in [5.41, 5.74) is 6.20. The molecule has 0 aromatic heterocycles. The number of hydrogen-bond donors (Lipinski definition) is 3. The zero-order valence-electron chi connectivity index (χ0n) is 12.7. The Morgan fingerprint density at radius 3 is 2.71 bits per heavy atom. The van der Waals surface area contributed by atoms with Gasteiger partial charge in [-0.05, 0) is 48.1 Å². The van der Waals surface area contributed by atoms with Crippen molar-refractivity contribution in [2.45, 2.75) is 6.42 Å². The fourth-order valence-electron chi connectivity index (χ4n) is 1.90. The lowest BCUT2D eigenvalue weighted by atomic mass is 10.1. The monoisotopic (exact) mass is 367 g/mol. The van der Waals surface area contributed by atoms with Crippen molar-refractivity contribution < 1.29 is 13.9 Å². The molecule has 0 fully saturated rings. The van der Waals surface area contributed by atoms with Crippen LogP contribution >= 0.6 is 23.8 Å². The standard InChI is InChI=1S/C16H15ClFN3O2S/c1-23-14-6-5-10(7-13(14)18)8-15(22)20-21-16(24)19-12-4-2-3-11(17)9-12/h2-7,9H,8H2,1H3,(H,20,22)(H2,19,21,24). The van der Waals surface area contributed by atoms with Gasteiger partial charge in [0.1, 0.15) is 0 Å². The van der Waals surface area contributed by atoms with Crippen LogP contribution in [0.5, 0.6) is 5.75 Å². The second kappa shape index (κ2) is 8.47. The van der Waals surface area contributed by atoms with Gasteiger partial charge in [0, 0.05) is 10.7 Å². The highest BCUT2D eigenvalue weighted by Gasteiger charge is 2.08. The number of carbonyl (C=O) groups excluding carboxylic acids is 1. The molecule has 5 nitrogen and oxygen atoms in total. The number of nitrogens with one attached hydrogen (secondary N) is 3. The quantitative estimate of drug-likeness (QED) is 0.572. The summed E-state index contributed by atoms with van der Waals surface area (Å²) in [7, 11) is 1.38.